The smallest absolute Gasteiger partial charge is 0.303 e. The lowest BCUT2D eigenvalue weighted by Gasteiger charge is -2.45. The summed E-state index contributed by atoms with van der Waals surface area (Å²) in [4.78, 5) is 9.76. The van der Waals surface area contributed by atoms with Crippen LogP contribution in [0, 0.1) is 0 Å². The van der Waals surface area contributed by atoms with Gasteiger partial charge in [0, 0.05) is 6.42 Å². The summed E-state index contributed by atoms with van der Waals surface area (Å²) in [5, 5.41) is 84.5. The average molecular weight is 444 g/mol. The molecule has 9 N–H and O–H groups in total. The standard InChI is InChI=1S/C12H22O11.C5H10O2/c13-1-3-5(15)6(16)9(19)12(22-3)23-10-4(2-14)21-11(20)8(18)7(10)17;1-2-3-4-5(6)7/h3-20H,1-2H2;2-4H2,1H3,(H,6,7)/t3-,4-,5+,6+,7-,8-,9-,10-,11?,12+;/m1./s1. The zero-order chi connectivity index (χ0) is 23.0. The number of carboxylic acid groups (broad SMARTS) is 1. The highest BCUT2D eigenvalue weighted by molar-refractivity contribution is 5.66. The van der Waals surface area contributed by atoms with Gasteiger partial charge in [0.15, 0.2) is 12.6 Å². The molecule has 2 heterocycles. The number of ether oxygens (including phenoxy) is 3. The maximum Gasteiger partial charge on any atom is 0.303 e. The van der Waals surface area contributed by atoms with Crippen molar-refractivity contribution in [3.8, 4) is 0 Å². The first-order chi connectivity index (χ1) is 14.1. The van der Waals surface area contributed by atoms with E-state index < -0.39 is 80.6 Å². The van der Waals surface area contributed by atoms with Crippen molar-refractivity contribution in [1.82, 2.24) is 0 Å². The van der Waals surface area contributed by atoms with E-state index >= 15 is 0 Å². The molecule has 30 heavy (non-hydrogen) atoms. The first-order valence-corrected chi connectivity index (χ1v) is 9.57. The molecule has 2 rings (SSSR count). The molecule has 0 bridgehead atoms. The molecule has 0 saturated carbocycles. The summed E-state index contributed by atoms with van der Waals surface area (Å²) in [6, 6.07) is 0. The van der Waals surface area contributed by atoms with Crippen LogP contribution in [-0.2, 0) is 19.0 Å². The van der Waals surface area contributed by atoms with Gasteiger partial charge in [0.2, 0.25) is 0 Å². The van der Waals surface area contributed by atoms with Crippen molar-refractivity contribution in [2.24, 2.45) is 0 Å². The molecule has 10 atom stereocenters. The molecule has 2 fully saturated rings. The molecular weight excluding hydrogens is 412 g/mol. The monoisotopic (exact) mass is 444 g/mol. The van der Waals surface area contributed by atoms with Gasteiger partial charge in [-0.15, -0.1) is 0 Å². The Morgan fingerprint density at radius 3 is 1.90 bits per heavy atom. The molecule has 13 nitrogen and oxygen atoms in total. The molecule has 2 saturated heterocycles. The van der Waals surface area contributed by atoms with Crippen LogP contribution in [0.5, 0.6) is 0 Å². The minimum absolute atomic E-state index is 0.316. The van der Waals surface area contributed by atoms with Crippen LogP contribution in [0.1, 0.15) is 26.2 Å². The third-order valence-electron chi connectivity index (χ3n) is 4.72. The van der Waals surface area contributed by atoms with Crippen LogP contribution >= 0.6 is 0 Å². The Labute approximate surface area is 172 Å². The third kappa shape index (κ3) is 7.03. The topological polar surface area (TPSA) is 227 Å². The van der Waals surface area contributed by atoms with Crippen LogP contribution in [0.25, 0.3) is 0 Å². The summed E-state index contributed by atoms with van der Waals surface area (Å²) in [6.45, 7) is 0.630. The van der Waals surface area contributed by atoms with E-state index in [0.717, 1.165) is 12.8 Å². The van der Waals surface area contributed by atoms with E-state index in [4.69, 9.17) is 24.4 Å². The lowest BCUT2D eigenvalue weighted by atomic mass is 9.97. The van der Waals surface area contributed by atoms with Crippen molar-refractivity contribution in [3.05, 3.63) is 0 Å². The highest BCUT2D eigenvalue weighted by atomic mass is 16.7. The van der Waals surface area contributed by atoms with Crippen LogP contribution in [0.2, 0.25) is 0 Å². The summed E-state index contributed by atoms with van der Waals surface area (Å²) >= 11 is 0. The van der Waals surface area contributed by atoms with Gasteiger partial charge < -0.3 is 60.2 Å². The number of aliphatic hydroxyl groups excluding tert-OH is 8. The largest absolute Gasteiger partial charge is 0.481 e. The van der Waals surface area contributed by atoms with Gasteiger partial charge in [-0.3, -0.25) is 4.79 Å². The number of hydrogen-bond acceptors (Lipinski definition) is 12. The number of carbonyl (C=O) groups is 1. The van der Waals surface area contributed by atoms with Gasteiger partial charge in [0.05, 0.1) is 13.2 Å². The molecule has 0 radical (unpaired) electrons. The van der Waals surface area contributed by atoms with Gasteiger partial charge in [-0.05, 0) is 6.42 Å². The molecule has 0 aliphatic carbocycles. The van der Waals surface area contributed by atoms with Gasteiger partial charge >= 0.3 is 5.97 Å². The van der Waals surface area contributed by atoms with Crippen molar-refractivity contribution >= 4 is 5.97 Å². The molecule has 0 spiro atoms. The zero-order valence-corrected chi connectivity index (χ0v) is 16.5. The van der Waals surface area contributed by atoms with Crippen LogP contribution in [0.3, 0.4) is 0 Å². The Balaban J connectivity index is 0.000000553. The maximum absolute atomic E-state index is 9.94. The van der Waals surface area contributed by atoms with Gasteiger partial charge in [0.1, 0.15) is 48.8 Å². The van der Waals surface area contributed by atoms with Crippen molar-refractivity contribution in [2.75, 3.05) is 13.2 Å². The summed E-state index contributed by atoms with van der Waals surface area (Å²) < 4.78 is 15.3. The quantitative estimate of drug-likeness (QED) is 0.182. The molecule has 0 amide bonds. The Hall–Kier alpha value is -0.970. The zero-order valence-electron chi connectivity index (χ0n) is 16.5. The molecule has 13 heteroatoms. The average Bonchev–Trinajstić information content (AvgIpc) is 2.72. The second-order valence-electron chi connectivity index (χ2n) is 7.02. The van der Waals surface area contributed by atoms with E-state index in [1.54, 1.807) is 0 Å². The lowest BCUT2D eigenvalue weighted by Crippen LogP contribution is -2.64. The minimum atomic E-state index is -1.74. The molecule has 1 unspecified atom stereocenters. The van der Waals surface area contributed by atoms with E-state index in [1.165, 1.54) is 0 Å². The number of unbranched alkanes of at least 4 members (excludes halogenated alkanes) is 1. The SMILES string of the molecule is CCCCC(=O)O.OC[C@H]1O[C@@H](O[C@H]2[C@H](O)[C@@H](O)C(O)O[C@@H]2CO)[C@H](O)[C@@H](O)[C@H]1O. The molecule has 0 aromatic carbocycles. The van der Waals surface area contributed by atoms with E-state index in [1.807, 2.05) is 6.92 Å². The van der Waals surface area contributed by atoms with Crippen LogP contribution in [-0.4, -0.2) is 127 Å². The number of carboxylic acids is 1. The van der Waals surface area contributed by atoms with Crippen molar-refractivity contribution in [3.63, 3.8) is 0 Å². The predicted octanol–water partition coefficient (Wildman–Crippen LogP) is -4.14. The Bertz CT molecular complexity index is 502. The van der Waals surface area contributed by atoms with E-state index in [-0.39, 0.29) is 0 Å². The van der Waals surface area contributed by atoms with Crippen LogP contribution in [0.4, 0.5) is 0 Å². The lowest BCUT2D eigenvalue weighted by molar-refractivity contribution is -0.355. The Kier molecular flexibility index (Phi) is 11.5. The number of aliphatic hydroxyl groups is 8. The van der Waals surface area contributed by atoms with Crippen molar-refractivity contribution < 1.29 is 65.0 Å². The Morgan fingerprint density at radius 1 is 0.833 bits per heavy atom. The van der Waals surface area contributed by atoms with Crippen molar-refractivity contribution in [1.29, 1.82) is 0 Å². The first kappa shape index (κ1) is 27.1. The second kappa shape index (κ2) is 12.8. The fraction of sp³-hybridized carbons (Fsp3) is 0.941. The minimum Gasteiger partial charge on any atom is -0.481 e. The second-order valence-corrected chi connectivity index (χ2v) is 7.02. The Morgan fingerprint density at radius 2 is 1.43 bits per heavy atom. The third-order valence-corrected chi connectivity index (χ3v) is 4.72. The van der Waals surface area contributed by atoms with Gasteiger partial charge in [-0.1, -0.05) is 13.3 Å². The van der Waals surface area contributed by atoms with Gasteiger partial charge in [0.25, 0.3) is 0 Å². The molecule has 2 aliphatic heterocycles. The molecule has 0 aromatic heterocycles. The fourth-order valence-electron chi connectivity index (χ4n) is 2.90. The van der Waals surface area contributed by atoms with Gasteiger partial charge in [-0.2, -0.15) is 0 Å². The summed E-state index contributed by atoms with van der Waals surface area (Å²) in [5.41, 5.74) is 0. The van der Waals surface area contributed by atoms with Crippen molar-refractivity contribution in [2.45, 2.75) is 87.6 Å². The normalized spacial score (nSPS) is 41.6. The number of hydrogen-bond donors (Lipinski definition) is 9. The highest BCUT2D eigenvalue weighted by Gasteiger charge is 2.50. The molecule has 2 aliphatic rings. The van der Waals surface area contributed by atoms with Crippen LogP contribution < -0.4 is 0 Å². The van der Waals surface area contributed by atoms with Gasteiger partial charge in [-0.25, -0.2) is 0 Å². The maximum atomic E-state index is 9.94. The van der Waals surface area contributed by atoms with E-state index in [9.17, 15) is 40.5 Å². The molecular formula is C17H32O13. The summed E-state index contributed by atoms with van der Waals surface area (Å²) in [5.74, 6) is -0.693. The number of aliphatic carboxylic acids is 1. The summed E-state index contributed by atoms with van der Waals surface area (Å²) in [6.07, 6.45) is -13.5. The number of rotatable bonds is 7. The molecule has 0 aromatic rings. The highest BCUT2D eigenvalue weighted by Crippen LogP contribution is 2.28. The predicted molar refractivity (Wildman–Crippen MR) is 95.8 cm³/mol. The molecule has 178 valence electrons. The van der Waals surface area contributed by atoms with E-state index in [0.29, 0.717) is 6.42 Å². The first-order valence-electron chi connectivity index (χ1n) is 9.57. The summed E-state index contributed by atoms with van der Waals surface area (Å²) in [7, 11) is 0. The van der Waals surface area contributed by atoms with Crippen LogP contribution in [0.15, 0.2) is 0 Å². The fourth-order valence-corrected chi connectivity index (χ4v) is 2.90. The van der Waals surface area contributed by atoms with E-state index in [2.05, 4.69) is 0 Å².